The molecule has 7 nitrogen and oxygen atoms in total. The summed E-state index contributed by atoms with van der Waals surface area (Å²) in [6.45, 7) is 0.277. The zero-order valence-corrected chi connectivity index (χ0v) is 15.6. The maximum absolute atomic E-state index is 11.9. The fourth-order valence-corrected chi connectivity index (χ4v) is 3.34. The van der Waals surface area contributed by atoms with Crippen molar-refractivity contribution in [1.82, 2.24) is 15.3 Å². The molecule has 8 heteroatoms. The summed E-state index contributed by atoms with van der Waals surface area (Å²) in [7, 11) is 0. The Kier molecular flexibility index (Phi) is 5.30. The second-order valence-electron chi connectivity index (χ2n) is 5.87. The Morgan fingerprint density at radius 2 is 1.82 bits per heavy atom. The molecule has 2 amide bonds. The smallest absolute Gasteiger partial charge is 0.319 e. The lowest BCUT2D eigenvalue weighted by Gasteiger charge is -2.08. The van der Waals surface area contributed by atoms with Crippen LogP contribution >= 0.6 is 11.3 Å². The van der Waals surface area contributed by atoms with Crippen LogP contribution in [-0.2, 0) is 6.54 Å². The summed E-state index contributed by atoms with van der Waals surface area (Å²) in [5.74, 6) is 0.591. The van der Waals surface area contributed by atoms with Crippen LogP contribution < -0.4 is 16.0 Å². The number of urea groups is 1. The molecule has 0 saturated carbocycles. The molecule has 4 aromatic rings. The maximum Gasteiger partial charge on any atom is 0.319 e. The number of carbonyl (C=O) groups excluding carboxylic acids is 1. The number of amides is 2. The summed E-state index contributed by atoms with van der Waals surface area (Å²) in [6, 6.07) is 17.2. The largest absolute Gasteiger partial charge is 0.447 e. The van der Waals surface area contributed by atoms with Crippen LogP contribution in [0.15, 0.2) is 77.8 Å². The number of nitrogens with zero attached hydrogens (tertiary/aromatic N) is 2. The van der Waals surface area contributed by atoms with Gasteiger partial charge in [-0.1, -0.05) is 41.7 Å². The average Bonchev–Trinajstić information content (AvgIpc) is 3.41. The molecule has 0 unspecified atom stereocenters. The number of carbonyl (C=O) groups is 1. The van der Waals surface area contributed by atoms with Gasteiger partial charge in [-0.05, 0) is 29.8 Å². The minimum atomic E-state index is -0.315. The van der Waals surface area contributed by atoms with Gasteiger partial charge in [-0.25, -0.2) is 14.8 Å². The van der Waals surface area contributed by atoms with E-state index in [9.17, 15) is 4.79 Å². The van der Waals surface area contributed by atoms with E-state index in [1.54, 1.807) is 17.5 Å². The molecule has 2 heterocycles. The van der Waals surface area contributed by atoms with Crippen molar-refractivity contribution in [1.29, 1.82) is 0 Å². The molecule has 2 aromatic heterocycles. The number of nitrogens with one attached hydrogen (secondary N) is 3. The Morgan fingerprint density at radius 3 is 2.57 bits per heavy atom. The Morgan fingerprint density at radius 1 is 1.04 bits per heavy atom. The van der Waals surface area contributed by atoms with Crippen LogP contribution in [0.5, 0.6) is 0 Å². The molecular weight excluding hydrogens is 374 g/mol. The van der Waals surface area contributed by atoms with Crippen LogP contribution in [0.25, 0.3) is 10.4 Å². The second-order valence-corrected chi connectivity index (χ2v) is 6.90. The second kappa shape index (κ2) is 8.36. The standard InChI is InChI=1S/C20H17N5O2S.3H2/c26-19(22-11-17-10-21-13-27-17)24-15-6-8-16(9-7-15)25-20-23-12-18(28-20)14-4-2-1-3-5-14;;;/h1-10,12-13H,11H2,(H,23,25)(H2,22,24,26);3*1H. The highest BCUT2D eigenvalue weighted by Crippen LogP contribution is 2.30. The van der Waals surface area contributed by atoms with Gasteiger partial charge in [0.1, 0.15) is 5.76 Å². The van der Waals surface area contributed by atoms with E-state index in [1.807, 2.05) is 48.7 Å². The van der Waals surface area contributed by atoms with Crippen molar-refractivity contribution in [2.45, 2.75) is 6.54 Å². The molecule has 0 bridgehead atoms. The van der Waals surface area contributed by atoms with Gasteiger partial charge < -0.3 is 20.4 Å². The summed E-state index contributed by atoms with van der Waals surface area (Å²) in [6.07, 6.45) is 4.74. The lowest BCUT2D eigenvalue weighted by atomic mass is 10.2. The van der Waals surface area contributed by atoms with Gasteiger partial charge >= 0.3 is 6.03 Å². The van der Waals surface area contributed by atoms with Gasteiger partial charge in [0.05, 0.1) is 17.6 Å². The number of oxazole rings is 1. The van der Waals surface area contributed by atoms with Crippen molar-refractivity contribution >= 4 is 33.9 Å². The van der Waals surface area contributed by atoms with Gasteiger partial charge in [-0.2, -0.15) is 0 Å². The van der Waals surface area contributed by atoms with E-state index >= 15 is 0 Å². The summed E-state index contributed by atoms with van der Waals surface area (Å²) in [5.41, 5.74) is 2.72. The van der Waals surface area contributed by atoms with Crippen molar-refractivity contribution < 1.29 is 13.5 Å². The van der Waals surface area contributed by atoms with E-state index < -0.39 is 0 Å². The lowest BCUT2D eigenvalue weighted by molar-refractivity contribution is 0.251. The maximum atomic E-state index is 11.9. The van der Waals surface area contributed by atoms with Crippen molar-refractivity contribution in [2.24, 2.45) is 0 Å². The third-order valence-corrected chi connectivity index (χ3v) is 4.83. The third kappa shape index (κ3) is 4.54. The molecule has 0 spiro atoms. The predicted molar refractivity (Wildman–Crippen MR) is 116 cm³/mol. The highest BCUT2D eigenvalue weighted by atomic mass is 32.1. The quantitative estimate of drug-likeness (QED) is 0.394. The number of anilines is 3. The number of aromatic nitrogens is 2. The van der Waals surface area contributed by atoms with E-state index in [2.05, 4.69) is 38.1 Å². The molecule has 4 rings (SSSR count). The highest BCUT2D eigenvalue weighted by molar-refractivity contribution is 7.18. The fourth-order valence-electron chi connectivity index (χ4n) is 2.50. The van der Waals surface area contributed by atoms with Crippen molar-refractivity contribution in [3.05, 3.63) is 79.1 Å². The first-order chi connectivity index (χ1) is 13.8. The van der Waals surface area contributed by atoms with Crippen LogP contribution in [0.2, 0.25) is 0 Å². The van der Waals surface area contributed by atoms with Crippen molar-refractivity contribution in [3.8, 4) is 10.4 Å². The zero-order chi connectivity index (χ0) is 19.2. The SMILES string of the molecule is O=C(NCc1cnco1)Nc1ccc(Nc2ncc(-c3ccccc3)s2)cc1.[HH].[HH].[HH]. The third-order valence-electron chi connectivity index (χ3n) is 3.86. The van der Waals surface area contributed by atoms with Gasteiger partial charge in [-0.3, -0.25) is 0 Å². The van der Waals surface area contributed by atoms with Crippen molar-refractivity contribution in [3.63, 3.8) is 0 Å². The van der Waals surface area contributed by atoms with Crippen LogP contribution in [0.3, 0.4) is 0 Å². The first-order valence-electron chi connectivity index (χ1n) is 8.57. The van der Waals surface area contributed by atoms with Gasteiger partial charge in [0, 0.05) is 21.9 Å². The summed E-state index contributed by atoms with van der Waals surface area (Å²) in [5, 5.41) is 9.55. The number of hydrogen-bond donors (Lipinski definition) is 3. The van der Waals surface area contributed by atoms with Crippen molar-refractivity contribution in [2.75, 3.05) is 10.6 Å². The fraction of sp³-hybridized carbons (Fsp3) is 0.0500. The molecule has 0 atom stereocenters. The monoisotopic (exact) mass is 397 g/mol. The number of thiazole rings is 1. The molecule has 0 aliphatic rings. The van der Waals surface area contributed by atoms with Crippen LogP contribution in [0.4, 0.5) is 21.3 Å². The Balaban J connectivity index is 0.00000160. The van der Waals surface area contributed by atoms with Gasteiger partial charge in [0.15, 0.2) is 11.5 Å². The molecule has 0 radical (unpaired) electrons. The first kappa shape index (κ1) is 17.7. The van der Waals surface area contributed by atoms with Crippen LogP contribution in [0.1, 0.15) is 10.0 Å². The molecule has 28 heavy (non-hydrogen) atoms. The predicted octanol–water partition coefficient (Wildman–Crippen LogP) is 5.60. The normalized spacial score (nSPS) is 10.4. The molecule has 0 aliphatic heterocycles. The molecule has 0 saturated heterocycles. The Labute approximate surface area is 169 Å². The van der Waals surface area contributed by atoms with Crippen LogP contribution in [-0.4, -0.2) is 16.0 Å². The van der Waals surface area contributed by atoms with Crippen LogP contribution in [0, 0.1) is 0 Å². The molecule has 0 fully saturated rings. The van der Waals surface area contributed by atoms with E-state index in [-0.39, 0.29) is 16.9 Å². The first-order valence-corrected chi connectivity index (χ1v) is 9.38. The Bertz CT molecular complexity index is 1040. The van der Waals surface area contributed by atoms with E-state index in [0.717, 1.165) is 21.3 Å². The van der Waals surface area contributed by atoms with Gasteiger partial charge in [0.25, 0.3) is 0 Å². The van der Waals surface area contributed by atoms with E-state index in [1.165, 1.54) is 6.39 Å². The van der Waals surface area contributed by atoms with Gasteiger partial charge in [0.2, 0.25) is 0 Å². The average molecular weight is 398 g/mol. The minimum Gasteiger partial charge on any atom is -0.447 e. The minimum absolute atomic E-state index is 0. The molecule has 2 aromatic carbocycles. The Hall–Kier alpha value is -3.65. The zero-order valence-electron chi connectivity index (χ0n) is 14.8. The summed E-state index contributed by atoms with van der Waals surface area (Å²) >= 11 is 1.58. The number of rotatable bonds is 6. The molecule has 0 aliphatic carbocycles. The molecular formula is C20H23N5O2S. The topological polar surface area (TPSA) is 92.1 Å². The summed E-state index contributed by atoms with van der Waals surface area (Å²) in [4.78, 5) is 21.2. The summed E-state index contributed by atoms with van der Waals surface area (Å²) < 4.78 is 5.07. The molecule has 3 N–H and O–H groups in total. The van der Waals surface area contributed by atoms with E-state index in [4.69, 9.17) is 4.42 Å². The van der Waals surface area contributed by atoms with E-state index in [0.29, 0.717) is 11.4 Å². The number of hydrogen-bond acceptors (Lipinski definition) is 6. The highest BCUT2D eigenvalue weighted by Gasteiger charge is 2.06. The molecule has 146 valence electrons. The number of benzene rings is 2. The van der Waals surface area contributed by atoms with Gasteiger partial charge in [-0.15, -0.1) is 0 Å². The lowest BCUT2D eigenvalue weighted by Crippen LogP contribution is -2.27.